The van der Waals surface area contributed by atoms with E-state index in [2.05, 4.69) is 93.1 Å². The van der Waals surface area contributed by atoms with Gasteiger partial charge in [0.1, 0.15) is 23.8 Å². The maximum absolute atomic E-state index is 4.66. The lowest BCUT2D eigenvalue weighted by atomic mass is 10.0. The van der Waals surface area contributed by atoms with Crippen LogP contribution in [0.4, 0.5) is 28.8 Å². The van der Waals surface area contributed by atoms with Crippen molar-refractivity contribution in [1.82, 2.24) is 19.9 Å². The van der Waals surface area contributed by atoms with Crippen molar-refractivity contribution in [3.05, 3.63) is 90.5 Å². The lowest BCUT2D eigenvalue weighted by Crippen LogP contribution is -2.02. The molecule has 3 aromatic heterocycles. The van der Waals surface area contributed by atoms with Gasteiger partial charge >= 0.3 is 0 Å². The van der Waals surface area contributed by atoms with Crippen LogP contribution < -0.4 is 16.0 Å². The predicted molar refractivity (Wildman–Crippen MR) is 148 cm³/mol. The molecule has 2 aromatic carbocycles. The molecule has 0 radical (unpaired) electrons. The van der Waals surface area contributed by atoms with Crippen molar-refractivity contribution in [3.8, 4) is 11.3 Å². The molecule has 0 spiro atoms. The number of aryl methyl sites for hydroxylation is 1. The van der Waals surface area contributed by atoms with E-state index in [1.165, 1.54) is 5.56 Å². The van der Waals surface area contributed by atoms with Crippen LogP contribution in [0.15, 0.2) is 79.4 Å². The number of hydrogen-bond donors (Lipinski definition) is 3. The van der Waals surface area contributed by atoms with Gasteiger partial charge in [0, 0.05) is 47.5 Å². The van der Waals surface area contributed by atoms with Gasteiger partial charge in [0.2, 0.25) is 0 Å². The molecule has 0 saturated carbocycles. The first kappa shape index (κ1) is 23.2. The van der Waals surface area contributed by atoms with Crippen LogP contribution in [0.3, 0.4) is 0 Å². The minimum absolute atomic E-state index is 0.456. The van der Waals surface area contributed by atoms with Gasteiger partial charge in [-0.15, -0.1) is 0 Å². The summed E-state index contributed by atoms with van der Waals surface area (Å²) in [7, 11) is 1.84. The molecule has 0 amide bonds. The monoisotopic (exact) mass is 475 g/mol. The third kappa shape index (κ3) is 4.68. The van der Waals surface area contributed by atoms with Gasteiger partial charge in [-0.05, 0) is 54.3 Å². The van der Waals surface area contributed by atoms with Crippen molar-refractivity contribution in [2.45, 2.75) is 26.7 Å². The summed E-state index contributed by atoms with van der Waals surface area (Å²) in [4.78, 5) is 18.0. The van der Waals surface area contributed by atoms with E-state index in [0.29, 0.717) is 5.92 Å². The Morgan fingerprint density at radius 3 is 2.44 bits per heavy atom. The minimum atomic E-state index is 0.456. The molecule has 0 bridgehead atoms. The zero-order valence-corrected chi connectivity index (χ0v) is 20.9. The maximum atomic E-state index is 4.66. The third-order valence-electron chi connectivity index (χ3n) is 6.22. The smallest absolute Gasteiger partial charge is 0.139 e. The summed E-state index contributed by atoms with van der Waals surface area (Å²) < 4.78 is 0. The normalized spacial score (nSPS) is 11.0. The highest BCUT2D eigenvalue weighted by Gasteiger charge is 2.14. The molecule has 0 atom stereocenters. The Labute approximate surface area is 211 Å². The Balaban J connectivity index is 1.55. The summed E-state index contributed by atoms with van der Waals surface area (Å²) >= 11 is 0. The maximum Gasteiger partial charge on any atom is 0.139 e. The fraction of sp³-hybridized carbons (Fsp3) is 0.172. The average Bonchev–Trinajstić information content (AvgIpc) is 2.91. The van der Waals surface area contributed by atoms with Crippen molar-refractivity contribution in [2.24, 2.45) is 0 Å². The molecule has 36 heavy (non-hydrogen) atoms. The molecule has 5 aromatic rings. The molecular formula is C29H29N7. The Bertz CT molecular complexity index is 1530. The number of fused-ring (bicyclic) bond motifs is 1. The van der Waals surface area contributed by atoms with Crippen LogP contribution in [0, 0.1) is 6.92 Å². The summed E-state index contributed by atoms with van der Waals surface area (Å²) in [6.07, 6.45) is 5.17. The van der Waals surface area contributed by atoms with Crippen LogP contribution in [0.25, 0.3) is 22.0 Å². The molecule has 3 heterocycles. The number of benzene rings is 2. The number of pyridine rings is 2. The van der Waals surface area contributed by atoms with Crippen LogP contribution in [-0.2, 0) is 0 Å². The number of hydrogen-bond acceptors (Lipinski definition) is 7. The van der Waals surface area contributed by atoms with Crippen LogP contribution >= 0.6 is 0 Å². The van der Waals surface area contributed by atoms with Gasteiger partial charge in [-0.2, -0.15) is 0 Å². The Kier molecular flexibility index (Phi) is 6.45. The van der Waals surface area contributed by atoms with E-state index in [1.54, 1.807) is 12.5 Å². The van der Waals surface area contributed by atoms with E-state index < -0.39 is 0 Å². The quantitative estimate of drug-likeness (QED) is 0.232. The molecule has 0 fully saturated rings. The van der Waals surface area contributed by atoms with Gasteiger partial charge in [-0.25, -0.2) is 19.9 Å². The Hall–Kier alpha value is -4.52. The van der Waals surface area contributed by atoms with Crippen LogP contribution in [0.2, 0.25) is 0 Å². The molecule has 0 saturated heterocycles. The predicted octanol–water partition coefficient (Wildman–Crippen LogP) is 7.05. The van der Waals surface area contributed by atoms with E-state index in [0.717, 1.165) is 56.4 Å². The number of nitrogens with one attached hydrogen (secondary N) is 3. The summed E-state index contributed by atoms with van der Waals surface area (Å²) in [5, 5.41) is 12.3. The molecule has 7 heteroatoms. The summed E-state index contributed by atoms with van der Waals surface area (Å²) in [5.41, 5.74) is 6.08. The SMILES string of the molecule is CNc1cc(-c2cccnc2Nc2c(C)ccc3c(Nc4cccc(C(C)C)c4)nccc23)ncn1. The van der Waals surface area contributed by atoms with Gasteiger partial charge in [0.25, 0.3) is 0 Å². The zero-order chi connectivity index (χ0) is 25.1. The molecule has 5 rings (SSSR count). The minimum Gasteiger partial charge on any atom is -0.373 e. The topological polar surface area (TPSA) is 87.7 Å². The van der Waals surface area contributed by atoms with E-state index in [-0.39, 0.29) is 0 Å². The van der Waals surface area contributed by atoms with Crippen molar-refractivity contribution >= 4 is 39.6 Å². The Morgan fingerprint density at radius 1 is 0.750 bits per heavy atom. The fourth-order valence-corrected chi connectivity index (χ4v) is 4.21. The standard InChI is InChI=1S/C29H29N7/c1-18(2)20-7-5-8-21(15-20)35-28-23-11-10-19(3)27(22(23)12-14-32-28)36-29-24(9-6-13-31-29)25-16-26(30-4)34-17-33-25/h5-18H,1-4H3,(H,31,36)(H,32,35)(H,30,33,34). The van der Waals surface area contributed by atoms with Gasteiger partial charge in [0.15, 0.2) is 0 Å². The molecule has 7 nitrogen and oxygen atoms in total. The average molecular weight is 476 g/mol. The number of anilines is 5. The molecular weight excluding hydrogens is 446 g/mol. The van der Waals surface area contributed by atoms with E-state index in [9.17, 15) is 0 Å². The number of rotatable bonds is 7. The molecule has 180 valence electrons. The summed E-state index contributed by atoms with van der Waals surface area (Å²) in [6, 6.07) is 20.6. The molecule has 0 aliphatic heterocycles. The summed E-state index contributed by atoms with van der Waals surface area (Å²) in [6.45, 7) is 6.49. The largest absolute Gasteiger partial charge is 0.373 e. The number of nitrogens with zero attached hydrogens (tertiary/aromatic N) is 4. The second kappa shape index (κ2) is 10.00. The summed E-state index contributed by atoms with van der Waals surface area (Å²) in [5.74, 6) is 2.74. The first-order valence-corrected chi connectivity index (χ1v) is 12.0. The number of aromatic nitrogens is 4. The molecule has 0 unspecified atom stereocenters. The van der Waals surface area contributed by atoms with Gasteiger partial charge < -0.3 is 16.0 Å². The first-order valence-electron chi connectivity index (χ1n) is 12.0. The van der Waals surface area contributed by atoms with E-state index in [4.69, 9.17) is 0 Å². The second-order valence-electron chi connectivity index (χ2n) is 8.98. The van der Waals surface area contributed by atoms with Crippen molar-refractivity contribution in [3.63, 3.8) is 0 Å². The molecule has 0 aliphatic rings. The van der Waals surface area contributed by atoms with Gasteiger partial charge in [-0.1, -0.05) is 38.1 Å². The van der Waals surface area contributed by atoms with Crippen LogP contribution in [0.5, 0.6) is 0 Å². The highest BCUT2D eigenvalue weighted by atomic mass is 15.0. The van der Waals surface area contributed by atoms with Crippen LogP contribution in [-0.4, -0.2) is 27.0 Å². The van der Waals surface area contributed by atoms with Crippen molar-refractivity contribution in [1.29, 1.82) is 0 Å². The van der Waals surface area contributed by atoms with Gasteiger partial charge in [-0.3, -0.25) is 0 Å². The van der Waals surface area contributed by atoms with E-state index >= 15 is 0 Å². The second-order valence-corrected chi connectivity index (χ2v) is 8.98. The third-order valence-corrected chi connectivity index (χ3v) is 6.22. The highest BCUT2D eigenvalue weighted by Crippen LogP contribution is 2.36. The molecule has 0 aliphatic carbocycles. The lowest BCUT2D eigenvalue weighted by molar-refractivity contribution is 0.867. The fourth-order valence-electron chi connectivity index (χ4n) is 4.21. The zero-order valence-electron chi connectivity index (χ0n) is 20.9. The molecule has 3 N–H and O–H groups in total. The first-order chi connectivity index (χ1) is 17.5. The van der Waals surface area contributed by atoms with Gasteiger partial charge in [0.05, 0.1) is 11.4 Å². The highest BCUT2D eigenvalue weighted by molar-refractivity contribution is 6.03. The van der Waals surface area contributed by atoms with Crippen molar-refractivity contribution < 1.29 is 0 Å². The van der Waals surface area contributed by atoms with Crippen molar-refractivity contribution in [2.75, 3.05) is 23.0 Å². The van der Waals surface area contributed by atoms with Crippen LogP contribution in [0.1, 0.15) is 30.9 Å². The lowest BCUT2D eigenvalue weighted by Gasteiger charge is -2.17. The van der Waals surface area contributed by atoms with E-state index in [1.807, 2.05) is 37.5 Å². The Morgan fingerprint density at radius 2 is 1.61 bits per heavy atom.